The van der Waals surface area contributed by atoms with E-state index in [9.17, 15) is 14.7 Å². The lowest BCUT2D eigenvalue weighted by molar-refractivity contribution is -0.193. The number of nitrogens with zero attached hydrogens (tertiary/aromatic N) is 3. The number of rotatable bonds is 5. The maximum atomic E-state index is 13.1. The lowest BCUT2D eigenvalue weighted by Gasteiger charge is -2.70. The Morgan fingerprint density at radius 1 is 1.07 bits per heavy atom. The molecule has 2 aromatic rings. The Labute approximate surface area is 170 Å². The average Bonchev–Trinajstić information content (AvgIpc) is 3.51. The summed E-state index contributed by atoms with van der Waals surface area (Å²) in [7, 11) is 0. The molecule has 6 heteroatoms. The van der Waals surface area contributed by atoms with Crippen LogP contribution in [0.2, 0.25) is 0 Å². The number of amides is 2. The number of likely N-dealkylation sites (tertiary alicyclic amines) is 2. The van der Waals surface area contributed by atoms with Crippen molar-refractivity contribution in [2.75, 3.05) is 19.7 Å². The van der Waals surface area contributed by atoms with Gasteiger partial charge in [-0.25, -0.2) is 0 Å². The summed E-state index contributed by atoms with van der Waals surface area (Å²) >= 11 is 0. The quantitative estimate of drug-likeness (QED) is 0.847. The van der Waals surface area contributed by atoms with Crippen molar-refractivity contribution in [1.82, 2.24) is 14.8 Å². The summed E-state index contributed by atoms with van der Waals surface area (Å²) in [6.07, 6.45) is 6.02. The number of carbonyl (C=O) groups is 2. The highest BCUT2D eigenvalue weighted by Gasteiger charge is 2.68. The molecule has 150 valence electrons. The molecule has 2 atom stereocenters. The SMILES string of the molecule is O=C(c1ccncc1)N1CC2(C1)[C@@H](c1ccccc1)[C@H](CO)N2C(=O)CC1CC1. The Kier molecular flexibility index (Phi) is 4.39. The summed E-state index contributed by atoms with van der Waals surface area (Å²) in [6.45, 7) is 0.942. The number of benzene rings is 1. The fourth-order valence-electron chi connectivity index (χ4n) is 5.17. The van der Waals surface area contributed by atoms with Gasteiger partial charge in [0.15, 0.2) is 0 Å². The highest BCUT2D eigenvalue weighted by atomic mass is 16.3. The normalized spacial score (nSPS) is 24.7. The zero-order chi connectivity index (χ0) is 20.0. The van der Waals surface area contributed by atoms with Crippen LogP contribution in [0.4, 0.5) is 0 Å². The summed E-state index contributed by atoms with van der Waals surface area (Å²) in [5.41, 5.74) is 1.32. The third-order valence-corrected chi connectivity index (χ3v) is 6.69. The van der Waals surface area contributed by atoms with E-state index < -0.39 is 5.54 Å². The van der Waals surface area contributed by atoms with Crippen LogP contribution in [0, 0.1) is 5.92 Å². The number of aliphatic hydroxyl groups excluding tert-OH is 1. The summed E-state index contributed by atoms with van der Waals surface area (Å²) in [5, 5.41) is 10.1. The fourth-order valence-corrected chi connectivity index (χ4v) is 5.17. The highest BCUT2D eigenvalue weighted by Crippen LogP contribution is 2.54. The molecular formula is C23H25N3O3. The number of aromatic nitrogens is 1. The Hall–Kier alpha value is -2.73. The minimum absolute atomic E-state index is 0.0353. The van der Waals surface area contributed by atoms with E-state index in [0.717, 1.165) is 18.4 Å². The van der Waals surface area contributed by atoms with Gasteiger partial charge in [0.05, 0.1) is 18.2 Å². The number of hydrogen-bond donors (Lipinski definition) is 1. The molecule has 1 spiro atoms. The number of carbonyl (C=O) groups excluding carboxylic acids is 2. The zero-order valence-corrected chi connectivity index (χ0v) is 16.3. The molecule has 1 N–H and O–H groups in total. The predicted molar refractivity (Wildman–Crippen MR) is 107 cm³/mol. The zero-order valence-electron chi connectivity index (χ0n) is 16.3. The van der Waals surface area contributed by atoms with Gasteiger partial charge in [0.25, 0.3) is 5.91 Å². The molecule has 2 saturated heterocycles. The Morgan fingerprint density at radius 3 is 2.38 bits per heavy atom. The molecule has 3 aliphatic rings. The first kappa shape index (κ1) is 18.3. The lowest BCUT2D eigenvalue weighted by atomic mass is 9.60. The van der Waals surface area contributed by atoms with Gasteiger partial charge in [0, 0.05) is 43.4 Å². The largest absolute Gasteiger partial charge is 0.394 e. The van der Waals surface area contributed by atoms with E-state index in [1.54, 1.807) is 29.4 Å². The van der Waals surface area contributed by atoms with Crippen molar-refractivity contribution in [3.63, 3.8) is 0 Å². The van der Waals surface area contributed by atoms with Crippen LogP contribution in [0.25, 0.3) is 0 Å². The van der Waals surface area contributed by atoms with E-state index in [1.165, 1.54) is 0 Å². The van der Waals surface area contributed by atoms with Crippen molar-refractivity contribution in [2.24, 2.45) is 5.92 Å². The van der Waals surface area contributed by atoms with Gasteiger partial charge in [-0.2, -0.15) is 0 Å². The smallest absolute Gasteiger partial charge is 0.254 e. The molecule has 1 aromatic carbocycles. The van der Waals surface area contributed by atoms with E-state index in [1.807, 2.05) is 23.1 Å². The highest BCUT2D eigenvalue weighted by molar-refractivity contribution is 5.95. The Morgan fingerprint density at radius 2 is 1.76 bits per heavy atom. The van der Waals surface area contributed by atoms with Crippen molar-refractivity contribution in [3.8, 4) is 0 Å². The summed E-state index contributed by atoms with van der Waals surface area (Å²) in [6, 6.07) is 13.3. The predicted octanol–water partition coefficient (Wildman–Crippen LogP) is 2.06. The van der Waals surface area contributed by atoms with E-state index in [-0.39, 0.29) is 30.4 Å². The molecule has 6 nitrogen and oxygen atoms in total. The molecule has 3 fully saturated rings. The first-order valence-corrected chi connectivity index (χ1v) is 10.3. The number of pyridine rings is 1. The first-order chi connectivity index (χ1) is 14.1. The van der Waals surface area contributed by atoms with Crippen LogP contribution in [0.5, 0.6) is 0 Å². The minimum Gasteiger partial charge on any atom is -0.394 e. The second-order valence-corrected chi connectivity index (χ2v) is 8.55. The fraction of sp³-hybridized carbons (Fsp3) is 0.435. The molecule has 2 aliphatic heterocycles. The van der Waals surface area contributed by atoms with Crippen LogP contribution in [-0.4, -0.2) is 63.0 Å². The minimum atomic E-state index is -0.413. The van der Waals surface area contributed by atoms with Gasteiger partial charge in [-0.1, -0.05) is 30.3 Å². The third-order valence-electron chi connectivity index (χ3n) is 6.69. The molecule has 5 rings (SSSR count). The van der Waals surface area contributed by atoms with Gasteiger partial charge in [-0.15, -0.1) is 0 Å². The maximum Gasteiger partial charge on any atom is 0.254 e. The second kappa shape index (κ2) is 6.95. The molecule has 1 aromatic heterocycles. The molecule has 0 bridgehead atoms. The van der Waals surface area contributed by atoms with Crippen LogP contribution >= 0.6 is 0 Å². The second-order valence-electron chi connectivity index (χ2n) is 8.55. The maximum absolute atomic E-state index is 13.1. The summed E-state index contributed by atoms with van der Waals surface area (Å²) in [4.78, 5) is 33.6. The monoisotopic (exact) mass is 391 g/mol. The van der Waals surface area contributed by atoms with Gasteiger partial charge in [-0.05, 0) is 36.5 Å². The van der Waals surface area contributed by atoms with Gasteiger partial charge < -0.3 is 14.9 Å². The van der Waals surface area contributed by atoms with Crippen LogP contribution in [0.1, 0.15) is 41.1 Å². The standard InChI is InChI=1S/C23H25N3O3/c27-13-19-21(17-4-2-1-3-5-17)23(26(19)20(28)12-16-6-7-16)14-25(15-23)22(29)18-8-10-24-11-9-18/h1-5,8-11,16,19,21,27H,6-7,12-15H2/t19-,21-/m0/s1. The van der Waals surface area contributed by atoms with Crippen LogP contribution < -0.4 is 0 Å². The van der Waals surface area contributed by atoms with Gasteiger partial charge in [-0.3, -0.25) is 14.6 Å². The number of hydrogen-bond acceptors (Lipinski definition) is 4. The molecule has 3 heterocycles. The molecule has 0 radical (unpaired) electrons. The molecular weight excluding hydrogens is 366 g/mol. The van der Waals surface area contributed by atoms with Gasteiger partial charge in [0.1, 0.15) is 0 Å². The van der Waals surface area contributed by atoms with E-state index in [4.69, 9.17) is 0 Å². The van der Waals surface area contributed by atoms with E-state index >= 15 is 0 Å². The van der Waals surface area contributed by atoms with E-state index in [0.29, 0.717) is 31.0 Å². The van der Waals surface area contributed by atoms with Crippen LogP contribution in [0.15, 0.2) is 54.9 Å². The summed E-state index contributed by atoms with van der Waals surface area (Å²) in [5.74, 6) is 0.615. The lowest BCUT2D eigenvalue weighted by Crippen LogP contribution is -2.86. The summed E-state index contributed by atoms with van der Waals surface area (Å²) < 4.78 is 0. The Balaban J connectivity index is 1.42. The molecule has 0 unspecified atom stereocenters. The van der Waals surface area contributed by atoms with Gasteiger partial charge >= 0.3 is 0 Å². The van der Waals surface area contributed by atoms with Crippen molar-refractivity contribution < 1.29 is 14.7 Å². The van der Waals surface area contributed by atoms with Crippen molar-refractivity contribution >= 4 is 11.8 Å². The average molecular weight is 391 g/mol. The van der Waals surface area contributed by atoms with Crippen molar-refractivity contribution in [3.05, 3.63) is 66.0 Å². The van der Waals surface area contributed by atoms with Crippen LogP contribution in [0.3, 0.4) is 0 Å². The van der Waals surface area contributed by atoms with Crippen molar-refractivity contribution in [2.45, 2.75) is 36.8 Å². The Bertz CT molecular complexity index is 907. The molecule has 1 saturated carbocycles. The third kappa shape index (κ3) is 2.94. The molecule has 29 heavy (non-hydrogen) atoms. The number of aliphatic hydroxyl groups is 1. The van der Waals surface area contributed by atoms with Crippen molar-refractivity contribution in [1.29, 1.82) is 0 Å². The van der Waals surface area contributed by atoms with Gasteiger partial charge in [0.2, 0.25) is 5.91 Å². The molecule has 1 aliphatic carbocycles. The molecule has 2 amide bonds. The van der Waals surface area contributed by atoms with E-state index in [2.05, 4.69) is 17.1 Å². The van der Waals surface area contributed by atoms with Crippen LogP contribution in [-0.2, 0) is 4.79 Å². The topological polar surface area (TPSA) is 73.7 Å². The first-order valence-electron chi connectivity index (χ1n) is 10.3.